The molecular weight excluding hydrogens is 394 g/mol. The first-order valence-corrected chi connectivity index (χ1v) is 11.3. The predicted octanol–water partition coefficient (Wildman–Crippen LogP) is 3.19. The molecule has 1 aliphatic heterocycles. The summed E-state index contributed by atoms with van der Waals surface area (Å²) in [5.74, 6) is 0.834. The zero-order valence-electron chi connectivity index (χ0n) is 14.8. The van der Waals surface area contributed by atoms with Crippen molar-refractivity contribution < 1.29 is 8.42 Å². The summed E-state index contributed by atoms with van der Waals surface area (Å²) in [5, 5.41) is 4.07. The van der Waals surface area contributed by atoms with E-state index in [0.717, 1.165) is 22.6 Å². The number of hydrogen-bond donors (Lipinski definition) is 0. The van der Waals surface area contributed by atoms with Crippen molar-refractivity contribution in [1.29, 1.82) is 0 Å². The Balaban J connectivity index is 1.55. The third kappa shape index (κ3) is 2.83. The van der Waals surface area contributed by atoms with E-state index in [1.54, 1.807) is 35.9 Å². The van der Waals surface area contributed by atoms with E-state index >= 15 is 0 Å². The number of imidazole rings is 1. The van der Waals surface area contributed by atoms with Gasteiger partial charge in [0.1, 0.15) is 16.2 Å². The minimum atomic E-state index is -3.56. The maximum Gasteiger partial charge on any atom is 0.244 e. The molecular formula is C19H17N5O2S2. The fourth-order valence-electron chi connectivity index (χ4n) is 3.66. The molecule has 0 aromatic carbocycles. The molecule has 142 valence electrons. The van der Waals surface area contributed by atoms with Crippen LogP contribution in [0, 0.1) is 0 Å². The molecule has 7 nitrogen and oxygen atoms in total. The lowest BCUT2D eigenvalue weighted by atomic mass is 10.2. The van der Waals surface area contributed by atoms with Crippen molar-refractivity contribution in [1.82, 2.24) is 23.8 Å². The highest BCUT2D eigenvalue weighted by Crippen LogP contribution is 2.34. The van der Waals surface area contributed by atoms with Gasteiger partial charge in [-0.1, -0.05) is 0 Å². The Bertz CT molecular complexity index is 1220. The molecule has 0 spiro atoms. The lowest BCUT2D eigenvalue weighted by Gasteiger charge is -2.18. The second kappa shape index (κ2) is 6.77. The van der Waals surface area contributed by atoms with Crippen molar-refractivity contribution in [2.75, 3.05) is 13.1 Å². The molecule has 5 heterocycles. The van der Waals surface area contributed by atoms with Crippen LogP contribution >= 0.6 is 11.3 Å². The number of thiophene rings is 1. The highest BCUT2D eigenvalue weighted by atomic mass is 32.2. The van der Waals surface area contributed by atoms with Crippen molar-refractivity contribution in [3.8, 4) is 11.4 Å². The fraction of sp³-hybridized carbons (Fsp3) is 0.211. The van der Waals surface area contributed by atoms with Gasteiger partial charge in [-0.05, 0) is 42.1 Å². The lowest BCUT2D eigenvalue weighted by molar-refractivity contribution is 0.455. The molecule has 4 aromatic rings. The Morgan fingerprint density at radius 1 is 1.14 bits per heavy atom. The Hall–Kier alpha value is -2.62. The highest BCUT2D eigenvalue weighted by molar-refractivity contribution is 7.89. The SMILES string of the molecule is O=S(=O)(c1cccnc1)N1CC[C@H](n2c(-c3ccsc3)nc3cccnc32)C1. The second-order valence-electron chi connectivity index (χ2n) is 6.66. The van der Waals surface area contributed by atoms with E-state index in [0.29, 0.717) is 19.5 Å². The van der Waals surface area contributed by atoms with Gasteiger partial charge in [-0.2, -0.15) is 15.6 Å². The zero-order valence-corrected chi connectivity index (χ0v) is 16.5. The molecule has 1 saturated heterocycles. The quantitative estimate of drug-likeness (QED) is 0.515. The van der Waals surface area contributed by atoms with E-state index < -0.39 is 10.0 Å². The second-order valence-corrected chi connectivity index (χ2v) is 9.38. The fourth-order valence-corrected chi connectivity index (χ4v) is 5.75. The minimum Gasteiger partial charge on any atom is -0.304 e. The van der Waals surface area contributed by atoms with Gasteiger partial charge in [0.25, 0.3) is 0 Å². The summed E-state index contributed by atoms with van der Waals surface area (Å²) in [4.78, 5) is 13.5. The van der Waals surface area contributed by atoms with Gasteiger partial charge in [0.05, 0.1) is 6.04 Å². The summed E-state index contributed by atoms with van der Waals surface area (Å²) in [6.45, 7) is 0.841. The number of hydrogen-bond acceptors (Lipinski definition) is 6. The van der Waals surface area contributed by atoms with Gasteiger partial charge < -0.3 is 4.57 Å². The van der Waals surface area contributed by atoms with Crippen molar-refractivity contribution in [3.05, 3.63) is 59.7 Å². The number of aromatic nitrogens is 4. The average Bonchev–Trinajstić information content (AvgIpc) is 3.46. The highest BCUT2D eigenvalue weighted by Gasteiger charge is 2.35. The molecule has 1 aliphatic rings. The smallest absolute Gasteiger partial charge is 0.244 e. The summed E-state index contributed by atoms with van der Waals surface area (Å²) < 4.78 is 29.6. The van der Waals surface area contributed by atoms with Gasteiger partial charge >= 0.3 is 0 Å². The summed E-state index contributed by atoms with van der Waals surface area (Å²) in [5.41, 5.74) is 2.63. The van der Waals surface area contributed by atoms with Crippen LogP contribution in [0.4, 0.5) is 0 Å². The Labute approximate surface area is 166 Å². The zero-order chi connectivity index (χ0) is 19.1. The third-order valence-electron chi connectivity index (χ3n) is 4.99. The monoisotopic (exact) mass is 411 g/mol. The lowest BCUT2D eigenvalue weighted by Crippen LogP contribution is -2.29. The largest absolute Gasteiger partial charge is 0.304 e. The molecule has 0 saturated carbocycles. The Kier molecular flexibility index (Phi) is 4.22. The van der Waals surface area contributed by atoms with Crippen LogP contribution in [0.1, 0.15) is 12.5 Å². The number of sulfonamides is 1. The maximum atomic E-state index is 13.0. The molecule has 4 aromatic heterocycles. The molecule has 28 heavy (non-hydrogen) atoms. The van der Waals surface area contributed by atoms with E-state index in [-0.39, 0.29) is 10.9 Å². The number of pyridine rings is 2. The molecule has 1 fully saturated rings. The van der Waals surface area contributed by atoms with Gasteiger partial charge in [-0.15, -0.1) is 0 Å². The van der Waals surface area contributed by atoms with Crippen LogP contribution in [-0.2, 0) is 10.0 Å². The molecule has 0 amide bonds. The maximum absolute atomic E-state index is 13.0. The van der Waals surface area contributed by atoms with Crippen LogP contribution < -0.4 is 0 Å². The van der Waals surface area contributed by atoms with E-state index in [1.165, 1.54) is 10.5 Å². The first-order valence-electron chi connectivity index (χ1n) is 8.90. The van der Waals surface area contributed by atoms with Crippen molar-refractivity contribution in [2.45, 2.75) is 17.4 Å². The average molecular weight is 412 g/mol. The molecule has 0 aliphatic carbocycles. The number of fused-ring (bicyclic) bond motifs is 1. The summed E-state index contributed by atoms with van der Waals surface area (Å²) in [6.07, 6.45) is 5.42. The van der Waals surface area contributed by atoms with E-state index in [1.807, 2.05) is 23.6 Å². The van der Waals surface area contributed by atoms with Gasteiger partial charge in [-0.3, -0.25) is 4.98 Å². The van der Waals surface area contributed by atoms with Gasteiger partial charge in [0.2, 0.25) is 10.0 Å². The van der Waals surface area contributed by atoms with Crippen LogP contribution in [-0.4, -0.2) is 45.3 Å². The summed E-state index contributed by atoms with van der Waals surface area (Å²) >= 11 is 1.61. The molecule has 0 N–H and O–H groups in total. The first-order chi connectivity index (χ1) is 13.6. The summed E-state index contributed by atoms with van der Waals surface area (Å²) in [6, 6.07) is 9.03. The van der Waals surface area contributed by atoms with Crippen LogP contribution in [0.5, 0.6) is 0 Å². The van der Waals surface area contributed by atoms with Gasteiger partial charge in [-0.25, -0.2) is 18.4 Å². The van der Waals surface area contributed by atoms with Gasteiger partial charge in [0.15, 0.2) is 5.65 Å². The standard InChI is InChI=1S/C19H17N5O2S2/c25-28(26,16-3-1-7-20-11-16)23-9-5-15(12-23)24-18(14-6-10-27-13-14)22-17-4-2-8-21-19(17)24/h1-4,6-8,10-11,13,15H,5,9,12H2/t15-/m0/s1. The topological polar surface area (TPSA) is 81.0 Å². The normalized spacial score (nSPS) is 18.1. The number of rotatable bonds is 4. The van der Waals surface area contributed by atoms with Gasteiger partial charge in [0, 0.05) is 42.6 Å². The molecule has 9 heteroatoms. The van der Waals surface area contributed by atoms with Crippen LogP contribution in [0.2, 0.25) is 0 Å². The van der Waals surface area contributed by atoms with E-state index in [9.17, 15) is 8.42 Å². The number of nitrogens with zero attached hydrogens (tertiary/aromatic N) is 5. The van der Waals surface area contributed by atoms with Crippen LogP contribution in [0.25, 0.3) is 22.6 Å². The van der Waals surface area contributed by atoms with E-state index in [2.05, 4.69) is 19.9 Å². The molecule has 0 unspecified atom stereocenters. The molecule has 0 bridgehead atoms. The molecule has 5 rings (SSSR count). The predicted molar refractivity (Wildman–Crippen MR) is 107 cm³/mol. The van der Waals surface area contributed by atoms with E-state index in [4.69, 9.17) is 4.98 Å². The Morgan fingerprint density at radius 3 is 2.82 bits per heavy atom. The van der Waals surface area contributed by atoms with Crippen molar-refractivity contribution in [2.24, 2.45) is 0 Å². The van der Waals surface area contributed by atoms with Crippen LogP contribution in [0.3, 0.4) is 0 Å². The van der Waals surface area contributed by atoms with Crippen LogP contribution in [0.15, 0.2) is 64.6 Å². The molecule has 1 atom stereocenters. The Morgan fingerprint density at radius 2 is 2.04 bits per heavy atom. The van der Waals surface area contributed by atoms with Crippen molar-refractivity contribution in [3.63, 3.8) is 0 Å². The van der Waals surface area contributed by atoms with Crippen molar-refractivity contribution >= 4 is 32.5 Å². The molecule has 0 radical (unpaired) electrons. The minimum absolute atomic E-state index is 0.0266. The summed E-state index contributed by atoms with van der Waals surface area (Å²) in [7, 11) is -3.56. The first kappa shape index (κ1) is 17.5. The third-order valence-corrected chi connectivity index (χ3v) is 7.52.